The number of halogens is 1. The van der Waals surface area contributed by atoms with Crippen molar-refractivity contribution in [1.29, 1.82) is 0 Å². The standard InChI is InChI=1S/C23H26ClN3O5/c1-31-15-3-4-18(32-2)16(8-15)26-17-11-25-27(21(28)20(17)24)23-9-12-5-13(10-23)7-14(6-12)19(23)22(29)30/h3-4,8,11-14,19,26H,5-7,9-10H2,1-2H3,(H,29,30). The van der Waals surface area contributed by atoms with Crippen molar-refractivity contribution in [1.82, 2.24) is 9.78 Å². The molecule has 4 aliphatic rings. The minimum atomic E-state index is -0.845. The molecule has 9 heteroatoms. The van der Waals surface area contributed by atoms with Crippen LogP contribution in [0, 0.1) is 23.7 Å². The minimum Gasteiger partial charge on any atom is -0.497 e. The molecular formula is C23H26ClN3O5. The molecule has 1 aromatic carbocycles. The highest BCUT2D eigenvalue weighted by Crippen LogP contribution is 2.61. The first-order valence-corrected chi connectivity index (χ1v) is 11.2. The SMILES string of the molecule is COc1ccc(OC)c(Nc2cnn(C34CC5CC(CC(C5)C3C(=O)O)C4)c(=O)c2Cl)c1. The number of hydrogen-bond acceptors (Lipinski definition) is 6. The van der Waals surface area contributed by atoms with Crippen molar-refractivity contribution in [3.05, 3.63) is 39.8 Å². The monoisotopic (exact) mass is 459 g/mol. The first-order valence-electron chi connectivity index (χ1n) is 10.9. The second-order valence-corrected chi connectivity index (χ2v) is 9.69. The second kappa shape index (κ2) is 7.69. The number of nitrogens with one attached hydrogen (secondary N) is 1. The Morgan fingerprint density at radius 1 is 1.19 bits per heavy atom. The van der Waals surface area contributed by atoms with Gasteiger partial charge in [0.05, 0.1) is 43.2 Å². The smallest absolute Gasteiger partial charge is 0.309 e. The molecule has 1 aromatic heterocycles. The van der Waals surface area contributed by atoms with Crippen LogP contribution in [-0.4, -0.2) is 35.1 Å². The second-order valence-electron chi connectivity index (χ2n) is 9.31. The molecule has 8 nitrogen and oxygen atoms in total. The van der Waals surface area contributed by atoms with Crippen LogP contribution in [0.4, 0.5) is 11.4 Å². The number of aromatic nitrogens is 2. The lowest BCUT2D eigenvalue weighted by Gasteiger charge is -2.59. The third-order valence-electron chi connectivity index (χ3n) is 7.56. The molecule has 32 heavy (non-hydrogen) atoms. The Labute approximate surface area is 190 Å². The summed E-state index contributed by atoms with van der Waals surface area (Å²) >= 11 is 6.53. The number of methoxy groups -OCH3 is 2. The van der Waals surface area contributed by atoms with Crippen LogP contribution in [0.15, 0.2) is 29.2 Å². The van der Waals surface area contributed by atoms with Gasteiger partial charge in [0.25, 0.3) is 5.56 Å². The van der Waals surface area contributed by atoms with E-state index in [2.05, 4.69) is 10.4 Å². The molecule has 0 radical (unpaired) electrons. The van der Waals surface area contributed by atoms with Crippen molar-refractivity contribution >= 4 is 28.9 Å². The Bertz CT molecular complexity index is 1120. The van der Waals surface area contributed by atoms with Crippen molar-refractivity contribution in [3.63, 3.8) is 0 Å². The predicted octanol–water partition coefficient (Wildman–Crippen LogP) is 3.89. The van der Waals surface area contributed by atoms with Crippen LogP contribution in [-0.2, 0) is 10.3 Å². The molecule has 2 aromatic rings. The summed E-state index contributed by atoms with van der Waals surface area (Å²) in [4.78, 5) is 25.7. The lowest BCUT2D eigenvalue weighted by molar-refractivity contribution is -0.168. The van der Waals surface area contributed by atoms with Crippen LogP contribution in [0.3, 0.4) is 0 Å². The predicted molar refractivity (Wildman–Crippen MR) is 119 cm³/mol. The first-order chi connectivity index (χ1) is 15.4. The quantitative estimate of drug-likeness (QED) is 0.675. The van der Waals surface area contributed by atoms with Crippen LogP contribution < -0.4 is 20.3 Å². The molecule has 0 amide bonds. The number of carboxylic acids is 1. The van der Waals surface area contributed by atoms with E-state index in [0.29, 0.717) is 47.6 Å². The first kappa shape index (κ1) is 21.1. The molecule has 4 saturated carbocycles. The number of ether oxygens (including phenoxy) is 2. The van der Waals surface area contributed by atoms with E-state index in [1.165, 1.54) is 10.9 Å². The van der Waals surface area contributed by atoms with Crippen molar-refractivity contribution in [2.24, 2.45) is 23.7 Å². The molecule has 170 valence electrons. The fourth-order valence-corrected chi connectivity index (χ4v) is 6.80. The Hall–Kier alpha value is -2.74. The highest BCUT2D eigenvalue weighted by atomic mass is 35.5. The summed E-state index contributed by atoms with van der Waals surface area (Å²) in [5.74, 6) is 0.673. The molecule has 3 unspecified atom stereocenters. The maximum Gasteiger partial charge on any atom is 0.309 e. The van der Waals surface area contributed by atoms with Crippen LogP contribution in [0.2, 0.25) is 5.02 Å². The van der Waals surface area contributed by atoms with Crippen molar-refractivity contribution in [2.45, 2.75) is 37.6 Å². The number of anilines is 2. The van der Waals surface area contributed by atoms with Gasteiger partial charge in [-0.05, 0) is 62.0 Å². The molecule has 4 aliphatic carbocycles. The Morgan fingerprint density at radius 2 is 1.91 bits per heavy atom. The van der Waals surface area contributed by atoms with E-state index >= 15 is 0 Å². The van der Waals surface area contributed by atoms with E-state index in [4.69, 9.17) is 21.1 Å². The molecule has 4 bridgehead atoms. The van der Waals surface area contributed by atoms with Gasteiger partial charge in [-0.1, -0.05) is 11.6 Å². The number of nitrogens with zero attached hydrogens (tertiary/aromatic N) is 2. The molecule has 2 N–H and O–H groups in total. The van der Waals surface area contributed by atoms with E-state index in [1.807, 2.05) is 0 Å². The number of aliphatic carboxylic acids is 1. The highest BCUT2D eigenvalue weighted by Gasteiger charge is 2.61. The zero-order valence-corrected chi connectivity index (χ0v) is 18.8. The van der Waals surface area contributed by atoms with E-state index < -0.39 is 23.0 Å². The molecule has 1 heterocycles. The van der Waals surface area contributed by atoms with Crippen LogP contribution >= 0.6 is 11.6 Å². The van der Waals surface area contributed by atoms with Gasteiger partial charge >= 0.3 is 5.97 Å². The summed E-state index contributed by atoms with van der Waals surface area (Å²) in [6.07, 6.45) is 5.79. The maximum absolute atomic E-state index is 13.4. The summed E-state index contributed by atoms with van der Waals surface area (Å²) < 4.78 is 12.0. The van der Waals surface area contributed by atoms with Gasteiger partial charge in [0.2, 0.25) is 0 Å². The average Bonchev–Trinajstić information content (AvgIpc) is 2.75. The van der Waals surface area contributed by atoms with E-state index in [1.54, 1.807) is 32.4 Å². The molecule has 4 fully saturated rings. The number of carbonyl (C=O) groups is 1. The zero-order chi connectivity index (χ0) is 22.6. The highest BCUT2D eigenvalue weighted by molar-refractivity contribution is 6.33. The fourth-order valence-electron chi connectivity index (χ4n) is 6.63. The number of hydrogen-bond donors (Lipinski definition) is 2. The van der Waals surface area contributed by atoms with Gasteiger partial charge in [0.1, 0.15) is 16.5 Å². The molecule has 3 atom stereocenters. The Kier molecular flexibility index (Phi) is 5.08. The van der Waals surface area contributed by atoms with Gasteiger partial charge in [-0.25, -0.2) is 4.68 Å². The minimum absolute atomic E-state index is 0.0234. The Balaban J connectivity index is 1.55. The number of rotatable bonds is 6. The van der Waals surface area contributed by atoms with Gasteiger partial charge in [-0.15, -0.1) is 0 Å². The van der Waals surface area contributed by atoms with E-state index in [0.717, 1.165) is 19.3 Å². The average molecular weight is 460 g/mol. The van der Waals surface area contributed by atoms with E-state index in [9.17, 15) is 14.7 Å². The van der Waals surface area contributed by atoms with Gasteiger partial charge in [0.15, 0.2) is 0 Å². The largest absolute Gasteiger partial charge is 0.497 e. The molecule has 6 rings (SSSR count). The van der Waals surface area contributed by atoms with Crippen LogP contribution in [0.5, 0.6) is 11.5 Å². The third-order valence-corrected chi connectivity index (χ3v) is 7.92. The summed E-state index contributed by atoms with van der Waals surface area (Å²) in [5, 5.41) is 17.6. The lowest BCUT2D eigenvalue weighted by atomic mass is 9.48. The summed E-state index contributed by atoms with van der Waals surface area (Å²) in [5.41, 5.74) is -0.373. The van der Waals surface area contributed by atoms with Crippen molar-refractivity contribution in [2.75, 3.05) is 19.5 Å². The third kappa shape index (κ3) is 3.15. The van der Waals surface area contributed by atoms with Gasteiger partial charge < -0.3 is 19.9 Å². The number of benzene rings is 1. The Morgan fingerprint density at radius 3 is 2.53 bits per heavy atom. The molecule has 0 saturated heterocycles. The molecule has 0 spiro atoms. The van der Waals surface area contributed by atoms with Gasteiger partial charge in [-0.2, -0.15) is 5.10 Å². The zero-order valence-electron chi connectivity index (χ0n) is 18.0. The molecule has 0 aliphatic heterocycles. The normalized spacial score (nSPS) is 30.2. The lowest BCUT2D eigenvalue weighted by Crippen LogP contribution is -2.63. The van der Waals surface area contributed by atoms with E-state index in [-0.39, 0.29) is 10.9 Å². The topological polar surface area (TPSA) is 103 Å². The fraction of sp³-hybridized carbons (Fsp3) is 0.522. The van der Waals surface area contributed by atoms with Crippen LogP contribution in [0.1, 0.15) is 32.1 Å². The van der Waals surface area contributed by atoms with Crippen molar-refractivity contribution < 1.29 is 19.4 Å². The summed E-state index contributed by atoms with van der Waals surface area (Å²) in [6.45, 7) is 0. The summed E-state index contributed by atoms with van der Waals surface area (Å²) in [6, 6.07) is 5.25. The van der Waals surface area contributed by atoms with Gasteiger partial charge in [0, 0.05) is 6.07 Å². The maximum atomic E-state index is 13.4. The van der Waals surface area contributed by atoms with Gasteiger partial charge in [-0.3, -0.25) is 9.59 Å². The van der Waals surface area contributed by atoms with Crippen LogP contribution in [0.25, 0.3) is 0 Å². The number of carboxylic acid groups (broad SMARTS) is 1. The molecular weight excluding hydrogens is 434 g/mol. The summed E-state index contributed by atoms with van der Waals surface area (Å²) in [7, 11) is 3.11. The van der Waals surface area contributed by atoms with Crippen molar-refractivity contribution in [3.8, 4) is 11.5 Å².